The van der Waals surface area contributed by atoms with Gasteiger partial charge in [0.2, 0.25) is 5.91 Å². The Kier molecular flexibility index (Phi) is 6.05. The van der Waals surface area contributed by atoms with Crippen LogP contribution in [0.25, 0.3) is 10.9 Å². The van der Waals surface area contributed by atoms with Crippen LogP contribution in [0.3, 0.4) is 0 Å². The highest BCUT2D eigenvalue weighted by atomic mass is 35.5. The van der Waals surface area contributed by atoms with Crippen molar-refractivity contribution in [2.75, 3.05) is 19.3 Å². The van der Waals surface area contributed by atoms with E-state index in [9.17, 15) is 13.2 Å². The van der Waals surface area contributed by atoms with Crippen LogP contribution in [0.5, 0.6) is 0 Å². The van der Waals surface area contributed by atoms with Crippen LogP contribution >= 0.6 is 12.4 Å². The molecule has 0 radical (unpaired) electrons. The molecule has 0 bridgehead atoms. The molecule has 26 heavy (non-hydrogen) atoms. The fourth-order valence-electron chi connectivity index (χ4n) is 3.56. The molecule has 3 N–H and O–H groups in total. The van der Waals surface area contributed by atoms with Gasteiger partial charge < -0.3 is 15.6 Å². The summed E-state index contributed by atoms with van der Waals surface area (Å²) in [7, 11) is -3.49. The average Bonchev–Trinajstić information content (AvgIpc) is 2.86. The second-order valence-electron chi connectivity index (χ2n) is 6.95. The largest absolute Gasteiger partial charge is 0.358 e. The van der Waals surface area contributed by atoms with Crippen LogP contribution in [0, 0.1) is 13.8 Å². The van der Waals surface area contributed by atoms with Crippen molar-refractivity contribution in [3.63, 3.8) is 0 Å². The van der Waals surface area contributed by atoms with Crippen molar-refractivity contribution in [3.8, 4) is 0 Å². The number of hydrogen-bond donors (Lipinski definition) is 3. The number of amides is 1. The zero-order chi connectivity index (χ0) is 18.2. The Labute approximate surface area is 160 Å². The van der Waals surface area contributed by atoms with Crippen molar-refractivity contribution in [1.29, 1.82) is 0 Å². The Hall–Kier alpha value is -1.57. The van der Waals surface area contributed by atoms with E-state index in [-0.39, 0.29) is 12.4 Å². The number of aromatic amines is 1. The number of H-pyrrole nitrogens is 1. The Morgan fingerprint density at radius 3 is 2.50 bits per heavy atom. The number of carbonyl (C=O) groups excluding carboxylic acids is 1. The lowest BCUT2D eigenvalue weighted by atomic mass is 9.95. The van der Waals surface area contributed by atoms with Crippen molar-refractivity contribution in [2.24, 2.45) is 0 Å². The topological polar surface area (TPSA) is 91.1 Å². The molecule has 0 aliphatic carbocycles. The first-order chi connectivity index (χ1) is 11.7. The molecule has 2 heterocycles. The van der Waals surface area contributed by atoms with Crippen molar-refractivity contribution in [1.82, 2.24) is 15.6 Å². The molecule has 0 atom stereocenters. The number of sulfone groups is 1. The second kappa shape index (κ2) is 7.58. The Morgan fingerprint density at radius 2 is 1.88 bits per heavy atom. The van der Waals surface area contributed by atoms with E-state index in [1.807, 2.05) is 25.1 Å². The van der Waals surface area contributed by atoms with Gasteiger partial charge in [-0.15, -0.1) is 12.4 Å². The summed E-state index contributed by atoms with van der Waals surface area (Å²) < 4.78 is 23.3. The maximum absolute atomic E-state index is 12.8. The van der Waals surface area contributed by atoms with Gasteiger partial charge in [0, 0.05) is 29.4 Å². The predicted octanol–water partition coefficient (Wildman–Crippen LogP) is 1.99. The molecule has 1 aromatic carbocycles. The van der Waals surface area contributed by atoms with Gasteiger partial charge in [-0.3, -0.25) is 4.79 Å². The highest BCUT2D eigenvalue weighted by Gasteiger charge is 2.48. The second-order valence-corrected chi connectivity index (χ2v) is 9.28. The van der Waals surface area contributed by atoms with E-state index in [0.29, 0.717) is 32.5 Å². The minimum Gasteiger partial charge on any atom is -0.358 e. The van der Waals surface area contributed by atoms with Crippen LogP contribution in [0.2, 0.25) is 0 Å². The maximum Gasteiger partial charge on any atom is 0.241 e. The van der Waals surface area contributed by atoms with Crippen LogP contribution in [0.4, 0.5) is 0 Å². The third-order valence-corrected chi connectivity index (χ3v) is 7.37. The number of aryl methyl sites for hydroxylation is 2. The fraction of sp³-hybridized carbons (Fsp3) is 0.500. The number of fused-ring (bicyclic) bond motifs is 1. The van der Waals surface area contributed by atoms with Gasteiger partial charge in [0.05, 0.1) is 0 Å². The number of hydrogen-bond acceptors (Lipinski definition) is 4. The number of aromatic nitrogens is 1. The smallest absolute Gasteiger partial charge is 0.241 e. The van der Waals surface area contributed by atoms with Gasteiger partial charge >= 0.3 is 0 Å². The van der Waals surface area contributed by atoms with Crippen molar-refractivity contribution in [2.45, 2.75) is 38.0 Å². The summed E-state index contributed by atoms with van der Waals surface area (Å²) in [5.74, 6) is -0.390. The van der Waals surface area contributed by atoms with Gasteiger partial charge in [-0.05, 0) is 63.0 Å². The van der Waals surface area contributed by atoms with Crippen LogP contribution < -0.4 is 10.6 Å². The lowest BCUT2D eigenvalue weighted by Crippen LogP contribution is -2.57. The lowest BCUT2D eigenvalue weighted by Gasteiger charge is -2.34. The molecule has 1 aromatic heterocycles. The minimum absolute atomic E-state index is 0. The van der Waals surface area contributed by atoms with E-state index in [4.69, 9.17) is 0 Å². The molecule has 1 aliphatic heterocycles. The number of carbonyl (C=O) groups is 1. The van der Waals surface area contributed by atoms with Crippen LogP contribution in [-0.4, -0.2) is 43.4 Å². The van der Waals surface area contributed by atoms with E-state index in [2.05, 4.69) is 22.5 Å². The number of rotatable bonds is 4. The molecular formula is C18H26ClN3O3S. The van der Waals surface area contributed by atoms with Crippen LogP contribution in [-0.2, 0) is 21.2 Å². The van der Waals surface area contributed by atoms with E-state index < -0.39 is 20.5 Å². The molecule has 2 aromatic rings. The standard InChI is InChI=1S/C18H25N3O3S.ClH/c1-12-13(2)21-16-5-4-14(10-15(12)16)11-20-17(22)18(25(3,23)24)6-8-19-9-7-18;/h4-5,10,19,21H,6-9,11H2,1-3H3,(H,20,22);1H. The summed E-state index contributed by atoms with van der Waals surface area (Å²) >= 11 is 0. The number of piperidine rings is 1. The predicted molar refractivity (Wildman–Crippen MR) is 107 cm³/mol. The number of benzene rings is 1. The van der Waals surface area contributed by atoms with Crippen molar-refractivity contribution in [3.05, 3.63) is 35.0 Å². The van der Waals surface area contributed by atoms with Gasteiger partial charge in [0.1, 0.15) is 0 Å². The minimum atomic E-state index is -3.49. The van der Waals surface area contributed by atoms with Gasteiger partial charge in [0.15, 0.2) is 14.6 Å². The molecule has 1 aliphatic rings. The molecule has 6 nitrogen and oxygen atoms in total. The monoisotopic (exact) mass is 399 g/mol. The Balaban J connectivity index is 0.00000243. The number of halogens is 1. The molecule has 1 saturated heterocycles. The molecule has 144 valence electrons. The fourth-order valence-corrected chi connectivity index (χ4v) is 4.91. The van der Waals surface area contributed by atoms with Crippen molar-refractivity contribution >= 4 is 39.1 Å². The van der Waals surface area contributed by atoms with E-state index in [1.165, 1.54) is 5.56 Å². The van der Waals surface area contributed by atoms with Gasteiger partial charge in [-0.2, -0.15) is 0 Å². The normalized spacial score (nSPS) is 16.9. The first kappa shape index (κ1) is 20.7. The highest BCUT2D eigenvalue weighted by molar-refractivity contribution is 7.92. The van der Waals surface area contributed by atoms with Crippen LogP contribution in [0.1, 0.15) is 29.7 Å². The summed E-state index contributed by atoms with van der Waals surface area (Å²) in [6.45, 7) is 5.49. The van der Waals surface area contributed by atoms with Crippen molar-refractivity contribution < 1.29 is 13.2 Å². The highest BCUT2D eigenvalue weighted by Crippen LogP contribution is 2.28. The molecular weight excluding hydrogens is 374 g/mol. The quantitative estimate of drug-likeness (QED) is 0.733. The van der Waals surface area contributed by atoms with Crippen LogP contribution in [0.15, 0.2) is 18.2 Å². The summed E-state index contributed by atoms with van der Waals surface area (Å²) in [5, 5.41) is 7.10. The third kappa shape index (κ3) is 3.61. The van der Waals surface area contributed by atoms with Gasteiger partial charge in [-0.25, -0.2) is 8.42 Å². The maximum atomic E-state index is 12.8. The summed E-state index contributed by atoms with van der Waals surface area (Å²) in [6.07, 6.45) is 1.79. The molecule has 8 heteroatoms. The lowest BCUT2D eigenvalue weighted by molar-refractivity contribution is -0.124. The summed E-state index contributed by atoms with van der Waals surface area (Å²) in [4.78, 5) is 16.1. The molecule has 0 saturated carbocycles. The third-order valence-electron chi connectivity index (χ3n) is 5.36. The molecule has 0 unspecified atom stereocenters. The Morgan fingerprint density at radius 1 is 1.23 bits per heavy atom. The molecule has 1 amide bonds. The zero-order valence-corrected chi connectivity index (χ0v) is 16.9. The van der Waals surface area contributed by atoms with E-state index in [1.54, 1.807) is 0 Å². The molecule has 0 spiro atoms. The number of nitrogens with one attached hydrogen (secondary N) is 3. The molecule has 3 rings (SSSR count). The summed E-state index contributed by atoms with van der Waals surface area (Å²) in [6, 6.07) is 5.99. The van der Waals surface area contributed by atoms with E-state index in [0.717, 1.165) is 28.4 Å². The van der Waals surface area contributed by atoms with E-state index >= 15 is 0 Å². The van der Waals surface area contributed by atoms with Gasteiger partial charge in [-0.1, -0.05) is 6.07 Å². The first-order valence-corrected chi connectivity index (χ1v) is 10.4. The first-order valence-electron chi connectivity index (χ1n) is 8.51. The zero-order valence-electron chi connectivity index (χ0n) is 15.3. The average molecular weight is 400 g/mol. The summed E-state index contributed by atoms with van der Waals surface area (Å²) in [5.41, 5.74) is 4.34. The van der Waals surface area contributed by atoms with Gasteiger partial charge in [0.25, 0.3) is 0 Å². The SMILES string of the molecule is Cc1[nH]c2ccc(CNC(=O)C3(S(C)(=O)=O)CCNCC3)cc2c1C.Cl. The Bertz CT molecular complexity index is 915. The molecule has 1 fully saturated rings.